The van der Waals surface area contributed by atoms with Crippen LogP contribution in [0.3, 0.4) is 0 Å². The lowest BCUT2D eigenvalue weighted by Crippen LogP contribution is -2.10. The smallest absolute Gasteiger partial charge is 0.311 e. The molecule has 1 rings (SSSR count). The summed E-state index contributed by atoms with van der Waals surface area (Å²) >= 11 is 5.67. The topological polar surface area (TPSA) is 63.6 Å². The van der Waals surface area contributed by atoms with Gasteiger partial charge in [-0.25, -0.2) is 0 Å². The highest BCUT2D eigenvalue weighted by Crippen LogP contribution is 2.17. The van der Waals surface area contributed by atoms with Crippen molar-refractivity contribution in [3.63, 3.8) is 0 Å². The molecule has 0 radical (unpaired) electrons. The van der Waals surface area contributed by atoms with Gasteiger partial charge in [-0.1, -0.05) is 17.7 Å². The van der Waals surface area contributed by atoms with Crippen molar-refractivity contribution in [2.75, 3.05) is 0 Å². The van der Waals surface area contributed by atoms with Gasteiger partial charge in [0.25, 0.3) is 0 Å². The summed E-state index contributed by atoms with van der Waals surface area (Å²) < 4.78 is 4.86. The molecule has 0 aliphatic heterocycles. The Morgan fingerprint density at radius 3 is 2.67 bits per heavy atom. The molecule has 0 amide bonds. The maximum Gasteiger partial charge on any atom is 0.311 e. The second-order valence-electron chi connectivity index (χ2n) is 2.83. The minimum atomic E-state index is -1.03. The van der Waals surface area contributed by atoms with Gasteiger partial charge in [0.1, 0.15) is 5.75 Å². The third-order valence-electron chi connectivity index (χ3n) is 1.57. The first-order valence-electron chi connectivity index (χ1n) is 4.26. The van der Waals surface area contributed by atoms with E-state index in [-0.39, 0.29) is 12.8 Å². The molecular formula is C10H9ClO4. The summed E-state index contributed by atoms with van der Waals surface area (Å²) in [6.07, 6.45) is -0.388. The summed E-state index contributed by atoms with van der Waals surface area (Å²) in [5.41, 5.74) is 0. The van der Waals surface area contributed by atoms with Gasteiger partial charge < -0.3 is 9.84 Å². The summed E-state index contributed by atoms with van der Waals surface area (Å²) in [7, 11) is 0. The van der Waals surface area contributed by atoms with Gasteiger partial charge in [-0.2, -0.15) is 0 Å². The summed E-state index contributed by atoms with van der Waals surface area (Å²) in [4.78, 5) is 21.3. The van der Waals surface area contributed by atoms with Crippen molar-refractivity contribution in [1.82, 2.24) is 0 Å². The van der Waals surface area contributed by atoms with E-state index >= 15 is 0 Å². The van der Waals surface area contributed by atoms with E-state index in [1.165, 1.54) is 6.07 Å². The van der Waals surface area contributed by atoms with Crippen molar-refractivity contribution in [3.05, 3.63) is 29.3 Å². The van der Waals surface area contributed by atoms with Crippen LogP contribution in [0, 0.1) is 0 Å². The second kappa shape index (κ2) is 5.36. The van der Waals surface area contributed by atoms with Crippen LogP contribution in [-0.2, 0) is 9.59 Å². The number of rotatable bonds is 4. The SMILES string of the molecule is O=C(O)CCC(=O)Oc1cccc(Cl)c1. The first-order chi connectivity index (χ1) is 7.08. The Morgan fingerprint density at radius 1 is 1.33 bits per heavy atom. The van der Waals surface area contributed by atoms with E-state index in [9.17, 15) is 9.59 Å². The molecule has 0 atom stereocenters. The molecule has 1 aromatic rings. The van der Waals surface area contributed by atoms with E-state index in [4.69, 9.17) is 21.4 Å². The highest BCUT2D eigenvalue weighted by Gasteiger charge is 2.07. The van der Waals surface area contributed by atoms with Crippen molar-refractivity contribution in [2.45, 2.75) is 12.8 Å². The average molecular weight is 229 g/mol. The molecule has 4 nitrogen and oxygen atoms in total. The Bertz CT molecular complexity index is 375. The van der Waals surface area contributed by atoms with Gasteiger partial charge in [-0.3, -0.25) is 9.59 Å². The van der Waals surface area contributed by atoms with E-state index in [1.54, 1.807) is 18.2 Å². The van der Waals surface area contributed by atoms with Crippen molar-refractivity contribution in [2.24, 2.45) is 0 Å². The minimum absolute atomic E-state index is 0.151. The molecule has 80 valence electrons. The minimum Gasteiger partial charge on any atom is -0.481 e. The number of hydrogen-bond donors (Lipinski definition) is 1. The Labute approximate surface area is 91.4 Å². The van der Waals surface area contributed by atoms with E-state index in [1.807, 2.05) is 0 Å². The number of hydrogen-bond acceptors (Lipinski definition) is 3. The molecule has 0 spiro atoms. The highest BCUT2D eigenvalue weighted by molar-refractivity contribution is 6.30. The number of carbonyl (C=O) groups excluding carboxylic acids is 1. The van der Waals surface area contributed by atoms with Gasteiger partial charge in [0, 0.05) is 5.02 Å². The molecule has 15 heavy (non-hydrogen) atoms. The summed E-state index contributed by atoms with van der Waals surface area (Å²) in [6.45, 7) is 0. The quantitative estimate of drug-likeness (QED) is 0.633. The number of aliphatic carboxylic acids is 1. The molecule has 5 heteroatoms. The number of carbonyl (C=O) groups is 2. The fraction of sp³-hybridized carbons (Fsp3) is 0.200. The van der Waals surface area contributed by atoms with Crippen molar-refractivity contribution in [3.8, 4) is 5.75 Å². The molecule has 0 heterocycles. The van der Waals surface area contributed by atoms with Gasteiger partial charge >= 0.3 is 11.9 Å². The maximum atomic E-state index is 11.1. The number of ether oxygens (including phenoxy) is 1. The van der Waals surface area contributed by atoms with Crippen LogP contribution in [-0.4, -0.2) is 17.0 Å². The van der Waals surface area contributed by atoms with Gasteiger partial charge in [0.05, 0.1) is 12.8 Å². The Kier molecular flexibility index (Phi) is 4.12. The highest BCUT2D eigenvalue weighted by atomic mass is 35.5. The summed E-state index contributed by atoms with van der Waals surface area (Å²) in [5.74, 6) is -1.30. The van der Waals surface area contributed by atoms with Crippen LogP contribution in [0.25, 0.3) is 0 Å². The second-order valence-corrected chi connectivity index (χ2v) is 3.26. The normalized spacial score (nSPS) is 9.67. The average Bonchev–Trinajstić information content (AvgIpc) is 2.15. The Morgan fingerprint density at radius 2 is 2.07 bits per heavy atom. The first-order valence-corrected chi connectivity index (χ1v) is 4.64. The third-order valence-corrected chi connectivity index (χ3v) is 1.81. The van der Waals surface area contributed by atoms with Crippen LogP contribution in [0.4, 0.5) is 0 Å². The van der Waals surface area contributed by atoms with Gasteiger partial charge in [0.2, 0.25) is 0 Å². The fourth-order valence-corrected chi connectivity index (χ4v) is 1.10. The zero-order valence-corrected chi connectivity index (χ0v) is 8.53. The van der Waals surface area contributed by atoms with Gasteiger partial charge in [0.15, 0.2) is 0 Å². The summed E-state index contributed by atoms with van der Waals surface area (Å²) in [6, 6.07) is 6.35. The zero-order valence-electron chi connectivity index (χ0n) is 7.77. The monoisotopic (exact) mass is 228 g/mol. The predicted octanol–water partition coefficient (Wildman–Crippen LogP) is 2.11. The third kappa shape index (κ3) is 4.46. The standard InChI is InChI=1S/C10H9ClO4/c11-7-2-1-3-8(6-7)15-10(14)5-4-9(12)13/h1-3,6H,4-5H2,(H,12,13). The zero-order chi connectivity index (χ0) is 11.3. The van der Waals surface area contributed by atoms with Crippen molar-refractivity contribution in [1.29, 1.82) is 0 Å². The lowest BCUT2D eigenvalue weighted by molar-refractivity contribution is -0.142. The number of esters is 1. The van der Waals surface area contributed by atoms with Crippen molar-refractivity contribution >= 4 is 23.5 Å². The number of benzene rings is 1. The fourth-order valence-electron chi connectivity index (χ4n) is 0.922. The van der Waals surface area contributed by atoms with Crippen LogP contribution < -0.4 is 4.74 Å². The largest absolute Gasteiger partial charge is 0.481 e. The molecule has 0 aliphatic rings. The van der Waals surface area contributed by atoms with Crippen LogP contribution >= 0.6 is 11.6 Å². The van der Waals surface area contributed by atoms with Crippen LogP contribution in [0.5, 0.6) is 5.75 Å². The predicted molar refractivity (Wildman–Crippen MR) is 54.0 cm³/mol. The molecule has 0 fully saturated rings. The molecule has 0 saturated carbocycles. The number of halogens is 1. The molecule has 0 bridgehead atoms. The molecule has 1 aromatic carbocycles. The van der Waals surface area contributed by atoms with Crippen LogP contribution in [0.15, 0.2) is 24.3 Å². The van der Waals surface area contributed by atoms with E-state index in [2.05, 4.69) is 0 Å². The molecule has 1 N–H and O–H groups in total. The lowest BCUT2D eigenvalue weighted by Gasteiger charge is -2.02. The van der Waals surface area contributed by atoms with Gasteiger partial charge in [-0.15, -0.1) is 0 Å². The molecule has 0 unspecified atom stereocenters. The Hall–Kier alpha value is -1.55. The number of carboxylic acid groups (broad SMARTS) is 1. The maximum absolute atomic E-state index is 11.1. The lowest BCUT2D eigenvalue weighted by atomic mass is 10.3. The summed E-state index contributed by atoms with van der Waals surface area (Å²) in [5, 5.41) is 8.80. The molecule has 0 aliphatic carbocycles. The molecule has 0 aromatic heterocycles. The van der Waals surface area contributed by atoms with E-state index in [0.717, 1.165) is 0 Å². The number of carboxylic acids is 1. The van der Waals surface area contributed by atoms with E-state index in [0.29, 0.717) is 10.8 Å². The van der Waals surface area contributed by atoms with Crippen LogP contribution in [0.1, 0.15) is 12.8 Å². The van der Waals surface area contributed by atoms with Crippen LogP contribution in [0.2, 0.25) is 5.02 Å². The van der Waals surface area contributed by atoms with Crippen molar-refractivity contribution < 1.29 is 19.4 Å². The van der Waals surface area contributed by atoms with Gasteiger partial charge in [-0.05, 0) is 18.2 Å². The molecular weight excluding hydrogens is 220 g/mol. The Balaban J connectivity index is 2.48. The van der Waals surface area contributed by atoms with E-state index < -0.39 is 11.9 Å². The molecule has 0 saturated heterocycles. The first kappa shape index (κ1) is 11.5.